The molecule has 3 heterocycles. The van der Waals surface area contributed by atoms with Crippen LogP contribution in [0.4, 0.5) is 0 Å². The van der Waals surface area contributed by atoms with E-state index in [0.29, 0.717) is 31.7 Å². The van der Waals surface area contributed by atoms with Crippen molar-refractivity contribution in [2.75, 3.05) is 18.1 Å². The van der Waals surface area contributed by atoms with E-state index in [9.17, 15) is 14.7 Å². The molecule has 0 aromatic carbocycles. The summed E-state index contributed by atoms with van der Waals surface area (Å²) < 4.78 is 7.49. The molecule has 7 nitrogen and oxygen atoms in total. The molecule has 0 unspecified atom stereocenters. The summed E-state index contributed by atoms with van der Waals surface area (Å²) >= 11 is 1.80. The van der Waals surface area contributed by atoms with E-state index >= 15 is 0 Å². The Labute approximate surface area is 155 Å². The van der Waals surface area contributed by atoms with E-state index in [2.05, 4.69) is 10.4 Å². The van der Waals surface area contributed by atoms with E-state index in [-0.39, 0.29) is 23.8 Å². The van der Waals surface area contributed by atoms with Crippen molar-refractivity contribution < 1.29 is 14.3 Å². The maximum Gasteiger partial charge on any atom is 0.227 e. The quantitative estimate of drug-likeness (QED) is 0.797. The van der Waals surface area contributed by atoms with Gasteiger partial charge in [-0.2, -0.15) is 16.9 Å². The van der Waals surface area contributed by atoms with Crippen LogP contribution in [0.15, 0.2) is 33.7 Å². The molecule has 0 aliphatic carbocycles. The predicted molar refractivity (Wildman–Crippen MR) is 99.5 cm³/mol. The van der Waals surface area contributed by atoms with Crippen molar-refractivity contribution >= 4 is 17.7 Å². The van der Waals surface area contributed by atoms with Crippen molar-refractivity contribution in [3.8, 4) is 5.75 Å². The number of amides is 1. The Morgan fingerprint density at radius 3 is 2.92 bits per heavy atom. The smallest absolute Gasteiger partial charge is 0.227 e. The zero-order valence-corrected chi connectivity index (χ0v) is 15.6. The average Bonchev–Trinajstić information content (AvgIpc) is 3.12. The number of aryl methyl sites for hydroxylation is 1. The topological polar surface area (TPSA) is 97.4 Å². The molecule has 3 rings (SSSR count). The molecule has 1 aliphatic rings. The first kappa shape index (κ1) is 18.6. The van der Waals surface area contributed by atoms with Crippen molar-refractivity contribution in [2.24, 2.45) is 0 Å². The summed E-state index contributed by atoms with van der Waals surface area (Å²) in [5.74, 6) is 1.93. The van der Waals surface area contributed by atoms with Crippen LogP contribution in [0.1, 0.15) is 30.8 Å². The van der Waals surface area contributed by atoms with E-state index in [1.54, 1.807) is 29.6 Å². The molecule has 1 fully saturated rings. The lowest BCUT2D eigenvalue weighted by Crippen LogP contribution is -2.39. The molecule has 1 amide bonds. The highest BCUT2D eigenvalue weighted by Gasteiger charge is 2.41. The highest BCUT2D eigenvalue weighted by Crippen LogP contribution is 2.43. The molecule has 26 heavy (non-hydrogen) atoms. The van der Waals surface area contributed by atoms with Crippen molar-refractivity contribution in [1.82, 2.24) is 15.1 Å². The third kappa shape index (κ3) is 4.12. The van der Waals surface area contributed by atoms with Crippen LogP contribution in [-0.4, -0.2) is 38.8 Å². The van der Waals surface area contributed by atoms with E-state index in [1.807, 2.05) is 12.3 Å². The second-order valence-electron chi connectivity index (χ2n) is 6.59. The fraction of sp³-hybridized carbons (Fsp3) is 0.500. The van der Waals surface area contributed by atoms with Gasteiger partial charge < -0.3 is 14.8 Å². The molecule has 0 atom stereocenters. The number of nitrogens with one attached hydrogen (secondary N) is 1. The van der Waals surface area contributed by atoms with Gasteiger partial charge >= 0.3 is 0 Å². The first-order valence-corrected chi connectivity index (χ1v) is 9.82. The van der Waals surface area contributed by atoms with Crippen LogP contribution >= 0.6 is 11.8 Å². The molecule has 0 saturated carbocycles. The van der Waals surface area contributed by atoms with Crippen molar-refractivity contribution in [3.05, 3.63) is 46.3 Å². The van der Waals surface area contributed by atoms with Crippen LogP contribution in [-0.2, 0) is 16.8 Å². The lowest BCUT2D eigenvalue weighted by molar-refractivity contribution is -0.122. The van der Waals surface area contributed by atoms with Gasteiger partial charge in [0.15, 0.2) is 5.76 Å². The average molecular weight is 377 g/mol. The van der Waals surface area contributed by atoms with Crippen LogP contribution < -0.4 is 10.7 Å². The zero-order valence-electron chi connectivity index (χ0n) is 14.7. The third-order valence-electron chi connectivity index (χ3n) is 4.70. The SMILES string of the molecule is Cc1cc(=O)c(O)c(C2(CC(=O)NCCn3cccn3)CCSCC2)o1. The Morgan fingerprint density at radius 2 is 2.23 bits per heavy atom. The number of hydrogen-bond donors (Lipinski definition) is 2. The second kappa shape index (κ2) is 7.99. The van der Waals surface area contributed by atoms with E-state index in [0.717, 1.165) is 11.5 Å². The Bertz CT molecular complexity index is 810. The van der Waals surface area contributed by atoms with Crippen LogP contribution in [0, 0.1) is 6.92 Å². The number of aromatic hydroxyl groups is 1. The first-order valence-electron chi connectivity index (χ1n) is 8.66. The zero-order chi connectivity index (χ0) is 18.6. The monoisotopic (exact) mass is 377 g/mol. The van der Waals surface area contributed by atoms with Gasteiger partial charge in [0.25, 0.3) is 0 Å². The molecule has 8 heteroatoms. The molecule has 1 saturated heterocycles. The standard InChI is InChI=1S/C18H23N3O4S/c1-13-11-14(22)16(24)17(25-13)18(3-9-26-10-4-18)12-15(23)19-6-8-21-7-2-5-20-21/h2,5,7,11,24H,3-4,6,8-10,12H2,1H3,(H,19,23). The largest absolute Gasteiger partial charge is 0.502 e. The summed E-state index contributed by atoms with van der Waals surface area (Å²) in [6, 6.07) is 3.10. The molecule has 2 aromatic heterocycles. The lowest BCUT2D eigenvalue weighted by atomic mass is 9.75. The Morgan fingerprint density at radius 1 is 1.46 bits per heavy atom. The number of hydrogen-bond acceptors (Lipinski definition) is 6. The lowest BCUT2D eigenvalue weighted by Gasteiger charge is -2.35. The van der Waals surface area contributed by atoms with Gasteiger partial charge in [0, 0.05) is 36.8 Å². The minimum atomic E-state index is -0.643. The van der Waals surface area contributed by atoms with Crippen LogP contribution in [0.25, 0.3) is 0 Å². The molecular formula is C18H23N3O4S. The highest BCUT2D eigenvalue weighted by molar-refractivity contribution is 7.99. The summed E-state index contributed by atoms with van der Waals surface area (Å²) in [5, 5.41) is 17.3. The van der Waals surface area contributed by atoms with Crippen molar-refractivity contribution in [3.63, 3.8) is 0 Å². The van der Waals surface area contributed by atoms with Crippen molar-refractivity contribution in [2.45, 2.75) is 38.1 Å². The Hall–Kier alpha value is -2.22. The molecular weight excluding hydrogens is 354 g/mol. The molecule has 1 aliphatic heterocycles. The summed E-state index contributed by atoms with van der Waals surface area (Å²) in [4.78, 5) is 24.6. The van der Waals surface area contributed by atoms with Gasteiger partial charge in [-0.3, -0.25) is 14.3 Å². The van der Waals surface area contributed by atoms with Gasteiger partial charge in [-0.15, -0.1) is 0 Å². The minimum Gasteiger partial charge on any atom is -0.502 e. The maximum atomic E-state index is 12.6. The fourth-order valence-corrected chi connectivity index (χ4v) is 4.60. The molecule has 0 bridgehead atoms. The number of aromatic nitrogens is 2. The predicted octanol–water partition coefficient (Wildman–Crippen LogP) is 1.82. The molecule has 2 N–H and O–H groups in total. The van der Waals surface area contributed by atoms with Crippen LogP contribution in [0.3, 0.4) is 0 Å². The second-order valence-corrected chi connectivity index (χ2v) is 7.81. The maximum absolute atomic E-state index is 12.6. The van der Waals surface area contributed by atoms with Gasteiger partial charge in [0.1, 0.15) is 5.76 Å². The minimum absolute atomic E-state index is 0.118. The number of thioether (sulfide) groups is 1. The van der Waals surface area contributed by atoms with E-state index in [4.69, 9.17) is 4.42 Å². The van der Waals surface area contributed by atoms with Gasteiger partial charge in [0.2, 0.25) is 17.1 Å². The van der Waals surface area contributed by atoms with Crippen molar-refractivity contribution in [1.29, 1.82) is 0 Å². The van der Waals surface area contributed by atoms with Gasteiger partial charge in [-0.1, -0.05) is 0 Å². The summed E-state index contributed by atoms with van der Waals surface area (Å²) in [7, 11) is 0. The normalized spacial score (nSPS) is 16.3. The Kier molecular flexibility index (Phi) is 5.70. The van der Waals surface area contributed by atoms with E-state index in [1.165, 1.54) is 6.07 Å². The number of rotatable bonds is 6. The Balaban J connectivity index is 1.75. The van der Waals surface area contributed by atoms with Gasteiger partial charge in [-0.05, 0) is 37.3 Å². The number of nitrogens with zero attached hydrogens (tertiary/aromatic N) is 2. The molecule has 140 valence electrons. The summed E-state index contributed by atoms with van der Waals surface area (Å²) in [6.07, 6.45) is 5.09. The number of carbonyl (C=O) groups is 1. The van der Waals surface area contributed by atoms with E-state index < -0.39 is 10.8 Å². The van der Waals surface area contributed by atoms with Crippen LogP contribution in [0.5, 0.6) is 5.75 Å². The summed E-state index contributed by atoms with van der Waals surface area (Å²) in [6.45, 7) is 2.74. The molecule has 2 aromatic rings. The van der Waals surface area contributed by atoms with Gasteiger partial charge in [-0.25, -0.2) is 0 Å². The summed E-state index contributed by atoms with van der Waals surface area (Å²) in [5.41, 5.74) is -1.10. The number of carbonyl (C=O) groups excluding carboxylic acids is 1. The first-order chi connectivity index (χ1) is 12.5. The molecule has 0 spiro atoms. The highest BCUT2D eigenvalue weighted by atomic mass is 32.2. The molecule has 0 radical (unpaired) electrons. The third-order valence-corrected chi connectivity index (χ3v) is 5.68. The van der Waals surface area contributed by atoms with Gasteiger partial charge in [0.05, 0.1) is 6.54 Å². The fourth-order valence-electron chi connectivity index (χ4n) is 3.32. The van der Waals surface area contributed by atoms with Crippen LogP contribution in [0.2, 0.25) is 0 Å².